The van der Waals surface area contributed by atoms with E-state index in [4.69, 9.17) is 9.16 Å². The van der Waals surface area contributed by atoms with Gasteiger partial charge in [-0.05, 0) is 49.0 Å². The molecule has 0 bridgehead atoms. The number of methoxy groups -OCH3 is 1. The molecule has 1 heterocycles. The normalized spacial score (nSPS) is 21.2. The summed E-state index contributed by atoms with van der Waals surface area (Å²) in [5.41, 5.74) is 4.19. The van der Waals surface area contributed by atoms with E-state index >= 15 is 0 Å². The predicted molar refractivity (Wildman–Crippen MR) is 122 cm³/mol. The summed E-state index contributed by atoms with van der Waals surface area (Å²) >= 11 is 0. The maximum Gasteiger partial charge on any atom is 0.185 e. The van der Waals surface area contributed by atoms with E-state index in [1.54, 1.807) is 7.11 Å². The molecule has 150 valence electrons. The fourth-order valence-electron chi connectivity index (χ4n) is 4.29. The number of hydrogen-bond donors (Lipinski definition) is 1. The van der Waals surface area contributed by atoms with Gasteiger partial charge in [-0.25, -0.2) is 0 Å². The quantitative estimate of drug-likeness (QED) is 0.504. The van der Waals surface area contributed by atoms with E-state index in [0.29, 0.717) is 0 Å². The largest absolute Gasteiger partial charge is 0.497 e. The van der Waals surface area contributed by atoms with Crippen LogP contribution in [0.5, 0.6) is 5.75 Å². The molecule has 0 fully saturated rings. The van der Waals surface area contributed by atoms with Crippen LogP contribution in [0, 0.1) is 0 Å². The van der Waals surface area contributed by atoms with Crippen LogP contribution in [0.15, 0.2) is 78.9 Å². The number of benzene rings is 3. The van der Waals surface area contributed by atoms with Crippen LogP contribution in [-0.4, -0.2) is 15.4 Å². The molecule has 1 N–H and O–H groups in total. The van der Waals surface area contributed by atoms with Crippen LogP contribution in [0.25, 0.3) is 0 Å². The van der Waals surface area contributed by atoms with Gasteiger partial charge in [0, 0.05) is 17.7 Å². The lowest BCUT2D eigenvalue weighted by atomic mass is 9.76. The van der Waals surface area contributed by atoms with Crippen LogP contribution in [0.3, 0.4) is 0 Å². The molecule has 0 radical (unpaired) electrons. The van der Waals surface area contributed by atoms with Crippen molar-refractivity contribution >= 4 is 14.0 Å². The second kappa shape index (κ2) is 7.69. The summed E-state index contributed by atoms with van der Waals surface area (Å²) in [5, 5.41) is 3.75. The first-order chi connectivity index (χ1) is 13.9. The summed E-state index contributed by atoms with van der Waals surface area (Å²) in [7, 11) is -0.178. The van der Waals surface area contributed by atoms with Gasteiger partial charge in [0.15, 0.2) is 8.32 Å². The number of hydrogen-bond acceptors (Lipinski definition) is 3. The average Bonchev–Trinajstić information content (AvgIpc) is 2.73. The fraction of sp³-hybridized carbons (Fsp3) is 0.280. The zero-order valence-electron chi connectivity index (χ0n) is 17.6. The van der Waals surface area contributed by atoms with Crippen molar-refractivity contribution in [2.45, 2.75) is 37.7 Å². The van der Waals surface area contributed by atoms with Gasteiger partial charge >= 0.3 is 0 Å². The summed E-state index contributed by atoms with van der Waals surface area (Å²) in [6.45, 7) is 6.78. The maximum absolute atomic E-state index is 7.07. The third-order valence-electron chi connectivity index (χ3n) is 5.41. The van der Waals surface area contributed by atoms with Crippen molar-refractivity contribution in [2.75, 3.05) is 12.4 Å². The summed E-state index contributed by atoms with van der Waals surface area (Å²) in [5.74, 6) is 0.850. The van der Waals surface area contributed by atoms with Gasteiger partial charge in [0.05, 0.1) is 13.2 Å². The summed E-state index contributed by atoms with van der Waals surface area (Å²) < 4.78 is 12.7. The Bertz CT molecular complexity index is 969. The lowest BCUT2D eigenvalue weighted by molar-refractivity contribution is 0.0813. The minimum atomic E-state index is -1.89. The second-order valence-corrected chi connectivity index (χ2v) is 13.1. The van der Waals surface area contributed by atoms with E-state index in [-0.39, 0.29) is 6.04 Å². The van der Waals surface area contributed by atoms with Gasteiger partial charge in [0.1, 0.15) is 11.4 Å². The number of nitrogens with one attached hydrogen (secondary N) is 1. The SMILES string of the molecule is COc1ccc2c(c1)C(O[Si](C)(C)C)(c1ccccc1)CC(c1ccccc1)N2. The Morgan fingerprint density at radius 1 is 0.897 bits per heavy atom. The molecule has 1 aliphatic rings. The minimum absolute atomic E-state index is 0.161. The van der Waals surface area contributed by atoms with Gasteiger partial charge in [-0.3, -0.25) is 0 Å². The van der Waals surface area contributed by atoms with Gasteiger partial charge in [-0.2, -0.15) is 0 Å². The lowest BCUT2D eigenvalue weighted by Crippen LogP contribution is -2.46. The van der Waals surface area contributed by atoms with Gasteiger partial charge in [-0.1, -0.05) is 60.7 Å². The summed E-state index contributed by atoms with van der Waals surface area (Å²) in [6.07, 6.45) is 0.825. The van der Waals surface area contributed by atoms with Crippen LogP contribution < -0.4 is 10.1 Å². The molecule has 0 saturated heterocycles. The van der Waals surface area contributed by atoms with Crippen molar-refractivity contribution in [3.63, 3.8) is 0 Å². The maximum atomic E-state index is 7.07. The third-order valence-corrected chi connectivity index (χ3v) is 6.37. The fourth-order valence-corrected chi connectivity index (χ4v) is 5.65. The topological polar surface area (TPSA) is 30.5 Å². The van der Waals surface area contributed by atoms with Crippen LogP contribution in [0.4, 0.5) is 5.69 Å². The van der Waals surface area contributed by atoms with Gasteiger partial charge in [-0.15, -0.1) is 0 Å². The Morgan fingerprint density at radius 3 is 2.17 bits per heavy atom. The van der Waals surface area contributed by atoms with Gasteiger partial charge in [0.25, 0.3) is 0 Å². The molecular weight excluding hydrogens is 374 g/mol. The summed E-state index contributed by atoms with van der Waals surface area (Å²) in [4.78, 5) is 0. The van der Waals surface area contributed by atoms with Crippen molar-refractivity contribution in [3.8, 4) is 5.75 Å². The molecule has 0 aliphatic carbocycles. The average molecular weight is 404 g/mol. The smallest absolute Gasteiger partial charge is 0.185 e. The molecule has 2 atom stereocenters. The Kier molecular flexibility index (Phi) is 5.24. The number of anilines is 1. The van der Waals surface area contributed by atoms with E-state index in [9.17, 15) is 0 Å². The highest BCUT2D eigenvalue weighted by Crippen LogP contribution is 2.51. The predicted octanol–water partition coefficient (Wildman–Crippen LogP) is 6.35. The Balaban J connectivity index is 1.95. The van der Waals surface area contributed by atoms with Crippen LogP contribution >= 0.6 is 0 Å². The lowest BCUT2D eigenvalue weighted by Gasteiger charge is -2.47. The molecule has 3 aromatic rings. The first kappa shape index (κ1) is 19.7. The van der Waals surface area contributed by atoms with E-state index in [2.05, 4.69) is 97.8 Å². The van der Waals surface area contributed by atoms with Crippen LogP contribution in [0.1, 0.15) is 29.2 Å². The van der Waals surface area contributed by atoms with E-state index in [1.165, 1.54) is 11.1 Å². The Labute approximate surface area is 174 Å². The third kappa shape index (κ3) is 3.96. The molecule has 0 spiro atoms. The highest BCUT2D eigenvalue weighted by molar-refractivity contribution is 6.69. The van der Waals surface area contributed by atoms with Crippen LogP contribution in [0.2, 0.25) is 19.6 Å². The minimum Gasteiger partial charge on any atom is -0.497 e. The molecule has 3 nitrogen and oxygen atoms in total. The Morgan fingerprint density at radius 2 is 1.55 bits per heavy atom. The molecule has 0 amide bonds. The number of fused-ring (bicyclic) bond motifs is 1. The first-order valence-corrected chi connectivity index (χ1v) is 13.6. The first-order valence-electron chi connectivity index (χ1n) is 10.2. The molecule has 4 heteroatoms. The van der Waals surface area contributed by atoms with Gasteiger partial charge in [0.2, 0.25) is 0 Å². The van der Waals surface area contributed by atoms with Crippen molar-refractivity contribution in [2.24, 2.45) is 0 Å². The second-order valence-electron chi connectivity index (χ2n) is 8.63. The van der Waals surface area contributed by atoms with Crippen LogP contribution in [-0.2, 0) is 10.0 Å². The Hall–Kier alpha value is -2.56. The van der Waals surface area contributed by atoms with Gasteiger partial charge < -0.3 is 14.5 Å². The highest BCUT2D eigenvalue weighted by Gasteiger charge is 2.46. The van der Waals surface area contributed by atoms with Crippen molar-refractivity contribution in [1.82, 2.24) is 0 Å². The molecule has 0 aromatic heterocycles. The molecule has 0 saturated carbocycles. The summed E-state index contributed by atoms with van der Waals surface area (Å²) in [6, 6.07) is 27.7. The highest BCUT2D eigenvalue weighted by atomic mass is 28.4. The van der Waals surface area contributed by atoms with Crippen molar-refractivity contribution < 1.29 is 9.16 Å². The molecule has 3 aromatic carbocycles. The van der Waals surface area contributed by atoms with E-state index < -0.39 is 13.9 Å². The molecule has 2 unspecified atom stereocenters. The van der Waals surface area contributed by atoms with E-state index in [0.717, 1.165) is 23.4 Å². The zero-order valence-corrected chi connectivity index (χ0v) is 18.6. The van der Waals surface area contributed by atoms with Crippen molar-refractivity contribution in [3.05, 3.63) is 95.6 Å². The standard InChI is InChI=1S/C25H29NO2Si/c1-27-21-15-16-23-22(17-21)25(28-29(2,3)4,20-13-9-6-10-14-20)18-24(26-23)19-11-7-5-8-12-19/h5-17,24,26H,18H2,1-4H3. The molecule has 29 heavy (non-hydrogen) atoms. The number of ether oxygens (including phenoxy) is 1. The monoisotopic (exact) mass is 403 g/mol. The number of rotatable bonds is 5. The zero-order chi connectivity index (χ0) is 20.5. The molecule has 1 aliphatic heterocycles. The molecule has 4 rings (SSSR count). The van der Waals surface area contributed by atoms with E-state index in [1.807, 2.05) is 6.07 Å². The van der Waals surface area contributed by atoms with Crippen molar-refractivity contribution in [1.29, 1.82) is 0 Å². The molecular formula is C25H29NO2Si.